The summed E-state index contributed by atoms with van der Waals surface area (Å²) in [6.07, 6.45) is 0. The summed E-state index contributed by atoms with van der Waals surface area (Å²) in [6, 6.07) is 4.71. The van der Waals surface area contributed by atoms with Crippen molar-refractivity contribution in [3.63, 3.8) is 0 Å². The molecule has 1 heterocycles. The Balaban J connectivity index is 1.88. The van der Waals surface area contributed by atoms with Crippen molar-refractivity contribution in [2.45, 2.75) is 19.5 Å². The van der Waals surface area contributed by atoms with Crippen LogP contribution in [0, 0.1) is 5.82 Å². The van der Waals surface area contributed by atoms with Crippen LogP contribution in [0.1, 0.15) is 12.5 Å². The number of piperazine rings is 1. The molecule has 1 saturated heterocycles. The average molecular weight is 345 g/mol. The first-order valence-corrected chi connectivity index (χ1v) is 7.40. The maximum Gasteiger partial charge on any atom is 0.320 e. The van der Waals surface area contributed by atoms with Crippen LogP contribution >= 0.6 is 15.9 Å². The molecule has 1 aliphatic rings. The zero-order chi connectivity index (χ0) is 14.7. The van der Waals surface area contributed by atoms with E-state index >= 15 is 0 Å². The van der Waals surface area contributed by atoms with Gasteiger partial charge in [0.2, 0.25) is 0 Å². The third-order valence-corrected chi connectivity index (χ3v) is 4.35. The molecule has 0 bridgehead atoms. The molecule has 4 nitrogen and oxygen atoms in total. The number of carboxylic acid groups (broad SMARTS) is 1. The standard InChI is InChI=1S/C14H18BrFN2O2/c1-10(14(19)20)18-6-4-17(5-7-18)9-11-2-3-12(15)13(16)8-11/h2-3,8,10H,4-7,9H2,1H3,(H,19,20). The van der Waals surface area contributed by atoms with Crippen LogP contribution in [0.5, 0.6) is 0 Å². The first-order chi connectivity index (χ1) is 9.47. The molecule has 1 aliphatic heterocycles. The maximum atomic E-state index is 13.5. The number of hydrogen-bond acceptors (Lipinski definition) is 3. The normalized spacial score (nSPS) is 18.9. The highest BCUT2D eigenvalue weighted by Gasteiger charge is 2.25. The molecule has 0 aromatic heterocycles. The lowest BCUT2D eigenvalue weighted by Gasteiger charge is -2.36. The van der Waals surface area contributed by atoms with Crippen LogP contribution < -0.4 is 0 Å². The minimum Gasteiger partial charge on any atom is -0.480 e. The molecule has 1 atom stereocenters. The van der Waals surface area contributed by atoms with E-state index in [1.165, 1.54) is 6.07 Å². The van der Waals surface area contributed by atoms with Gasteiger partial charge in [0.25, 0.3) is 0 Å². The van der Waals surface area contributed by atoms with E-state index in [9.17, 15) is 9.18 Å². The monoisotopic (exact) mass is 344 g/mol. The van der Waals surface area contributed by atoms with Gasteiger partial charge in [-0.2, -0.15) is 0 Å². The lowest BCUT2D eigenvalue weighted by atomic mass is 10.1. The van der Waals surface area contributed by atoms with Gasteiger partial charge in [0.15, 0.2) is 0 Å². The van der Waals surface area contributed by atoms with Crippen LogP contribution in [0.15, 0.2) is 22.7 Å². The van der Waals surface area contributed by atoms with E-state index in [2.05, 4.69) is 20.8 Å². The number of hydrogen-bond donors (Lipinski definition) is 1. The Bertz CT molecular complexity index is 490. The van der Waals surface area contributed by atoms with Gasteiger partial charge in [-0.15, -0.1) is 0 Å². The molecule has 6 heteroatoms. The van der Waals surface area contributed by atoms with E-state index < -0.39 is 12.0 Å². The highest BCUT2D eigenvalue weighted by Crippen LogP contribution is 2.18. The molecule has 0 saturated carbocycles. The van der Waals surface area contributed by atoms with E-state index in [0.29, 0.717) is 11.0 Å². The summed E-state index contributed by atoms with van der Waals surface area (Å²) in [5.41, 5.74) is 0.936. The smallest absolute Gasteiger partial charge is 0.320 e. The number of carboxylic acids is 1. The molecule has 1 fully saturated rings. The molecule has 2 rings (SSSR count). The first kappa shape index (κ1) is 15.4. The number of carbonyl (C=O) groups is 1. The number of rotatable bonds is 4. The summed E-state index contributed by atoms with van der Waals surface area (Å²) in [6.45, 7) is 5.46. The first-order valence-electron chi connectivity index (χ1n) is 6.60. The number of nitrogens with zero attached hydrogens (tertiary/aromatic N) is 2. The SMILES string of the molecule is CC(C(=O)O)N1CCN(Cc2ccc(Br)c(F)c2)CC1. The fourth-order valence-corrected chi connectivity index (χ4v) is 2.61. The Kier molecular flexibility index (Phi) is 5.12. The molecule has 110 valence electrons. The van der Waals surface area contributed by atoms with Crippen LogP contribution in [0.4, 0.5) is 4.39 Å². The molecule has 0 spiro atoms. The second kappa shape index (κ2) is 6.65. The van der Waals surface area contributed by atoms with Gasteiger partial charge >= 0.3 is 5.97 Å². The minimum atomic E-state index is -0.784. The van der Waals surface area contributed by atoms with Crippen molar-refractivity contribution in [1.82, 2.24) is 9.80 Å². The summed E-state index contributed by atoms with van der Waals surface area (Å²) in [7, 11) is 0. The molecule has 0 radical (unpaired) electrons. The minimum absolute atomic E-state index is 0.249. The van der Waals surface area contributed by atoms with Crippen LogP contribution in [0.3, 0.4) is 0 Å². The van der Waals surface area contributed by atoms with Crippen molar-refractivity contribution < 1.29 is 14.3 Å². The molecule has 1 N–H and O–H groups in total. The predicted octanol–water partition coefficient (Wildman–Crippen LogP) is 2.18. The predicted molar refractivity (Wildman–Crippen MR) is 78.0 cm³/mol. The van der Waals surface area contributed by atoms with Crippen LogP contribution in [-0.2, 0) is 11.3 Å². The fraction of sp³-hybridized carbons (Fsp3) is 0.500. The molecular weight excluding hydrogens is 327 g/mol. The third kappa shape index (κ3) is 3.77. The Morgan fingerprint density at radius 1 is 1.40 bits per heavy atom. The summed E-state index contributed by atoms with van der Waals surface area (Å²) in [5.74, 6) is -1.03. The molecule has 1 aromatic rings. The van der Waals surface area contributed by atoms with Gasteiger partial charge in [0.05, 0.1) is 4.47 Å². The fourth-order valence-electron chi connectivity index (χ4n) is 2.36. The zero-order valence-electron chi connectivity index (χ0n) is 11.4. The van der Waals surface area contributed by atoms with Gasteiger partial charge < -0.3 is 5.11 Å². The van der Waals surface area contributed by atoms with Crippen molar-refractivity contribution in [3.05, 3.63) is 34.1 Å². The van der Waals surface area contributed by atoms with Crippen molar-refractivity contribution in [3.8, 4) is 0 Å². The van der Waals surface area contributed by atoms with E-state index in [4.69, 9.17) is 5.11 Å². The number of aliphatic carboxylic acids is 1. The molecule has 1 aromatic carbocycles. The Labute approximate surface area is 126 Å². The highest BCUT2D eigenvalue weighted by atomic mass is 79.9. The second-order valence-electron chi connectivity index (χ2n) is 5.07. The van der Waals surface area contributed by atoms with Crippen LogP contribution in [0.25, 0.3) is 0 Å². The van der Waals surface area contributed by atoms with Crippen molar-refractivity contribution in [2.24, 2.45) is 0 Å². The van der Waals surface area contributed by atoms with Crippen LogP contribution in [0.2, 0.25) is 0 Å². The molecule has 0 aliphatic carbocycles. The maximum absolute atomic E-state index is 13.5. The lowest BCUT2D eigenvalue weighted by Crippen LogP contribution is -2.51. The van der Waals surface area contributed by atoms with Gasteiger partial charge in [0, 0.05) is 32.7 Å². The molecular formula is C14H18BrFN2O2. The van der Waals surface area contributed by atoms with E-state index in [0.717, 1.165) is 31.7 Å². The van der Waals surface area contributed by atoms with Crippen molar-refractivity contribution in [2.75, 3.05) is 26.2 Å². The number of halogens is 2. The summed E-state index contributed by atoms with van der Waals surface area (Å²) in [5, 5.41) is 8.99. The summed E-state index contributed by atoms with van der Waals surface area (Å²) in [4.78, 5) is 15.1. The lowest BCUT2D eigenvalue weighted by molar-refractivity contribution is -0.143. The quantitative estimate of drug-likeness (QED) is 0.909. The molecule has 20 heavy (non-hydrogen) atoms. The van der Waals surface area contributed by atoms with Gasteiger partial charge in [0.1, 0.15) is 11.9 Å². The van der Waals surface area contributed by atoms with E-state index in [-0.39, 0.29) is 5.82 Å². The Hall–Kier alpha value is -0.980. The topological polar surface area (TPSA) is 43.8 Å². The molecule has 0 amide bonds. The second-order valence-corrected chi connectivity index (χ2v) is 5.93. The van der Waals surface area contributed by atoms with Crippen LogP contribution in [-0.4, -0.2) is 53.1 Å². The largest absolute Gasteiger partial charge is 0.480 e. The Morgan fingerprint density at radius 3 is 2.60 bits per heavy atom. The van der Waals surface area contributed by atoms with Crippen molar-refractivity contribution >= 4 is 21.9 Å². The number of benzene rings is 1. The van der Waals surface area contributed by atoms with Gasteiger partial charge in [-0.1, -0.05) is 6.07 Å². The van der Waals surface area contributed by atoms with E-state index in [1.54, 1.807) is 13.0 Å². The average Bonchev–Trinajstić information content (AvgIpc) is 2.43. The van der Waals surface area contributed by atoms with Gasteiger partial charge in [-0.25, -0.2) is 4.39 Å². The molecule has 1 unspecified atom stereocenters. The summed E-state index contributed by atoms with van der Waals surface area (Å²) >= 11 is 3.14. The third-order valence-electron chi connectivity index (χ3n) is 3.70. The highest BCUT2D eigenvalue weighted by molar-refractivity contribution is 9.10. The summed E-state index contributed by atoms with van der Waals surface area (Å²) < 4.78 is 13.9. The zero-order valence-corrected chi connectivity index (χ0v) is 12.9. The van der Waals surface area contributed by atoms with Gasteiger partial charge in [-0.05, 0) is 40.5 Å². The van der Waals surface area contributed by atoms with E-state index in [1.807, 2.05) is 11.0 Å². The van der Waals surface area contributed by atoms with Crippen molar-refractivity contribution in [1.29, 1.82) is 0 Å². The Morgan fingerprint density at radius 2 is 2.05 bits per heavy atom. The van der Waals surface area contributed by atoms with Gasteiger partial charge in [-0.3, -0.25) is 14.6 Å².